The molecule has 2 aromatic rings. The largest absolute Gasteiger partial charge is 0.497 e. The molecular weight excluding hydrogens is 334 g/mol. The van der Waals surface area contributed by atoms with Gasteiger partial charge in [-0.1, -0.05) is 6.07 Å². The first kappa shape index (κ1) is 17.9. The van der Waals surface area contributed by atoms with E-state index in [4.69, 9.17) is 4.74 Å². The summed E-state index contributed by atoms with van der Waals surface area (Å²) in [5.41, 5.74) is 2.15. The first-order chi connectivity index (χ1) is 12.2. The van der Waals surface area contributed by atoms with E-state index in [-0.39, 0.29) is 11.9 Å². The van der Waals surface area contributed by atoms with Crippen molar-refractivity contribution in [2.45, 2.75) is 19.5 Å². The van der Waals surface area contributed by atoms with Gasteiger partial charge in [0.15, 0.2) is 0 Å². The number of rotatable bonds is 6. The molecule has 6 heteroatoms. The van der Waals surface area contributed by atoms with E-state index in [9.17, 15) is 4.79 Å². The van der Waals surface area contributed by atoms with Gasteiger partial charge < -0.3 is 10.1 Å². The number of thiophene rings is 1. The van der Waals surface area contributed by atoms with Gasteiger partial charge in [-0.2, -0.15) is 11.3 Å². The summed E-state index contributed by atoms with van der Waals surface area (Å²) in [5, 5.41) is 7.31. The van der Waals surface area contributed by atoms with Crippen molar-refractivity contribution in [1.29, 1.82) is 0 Å². The smallest absolute Gasteiger partial charge is 0.241 e. The summed E-state index contributed by atoms with van der Waals surface area (Å²) in [6.45, 7) is 6.79. The van der Waals surface area contributed by atoms with Gasteiger partial charge in [0.05, 0.1) is 13.2 Å². The van der Waals surface area contributed by atoms with Gasteiger partial charge in [-0.05, 0) is 41.4 Å². The highest BCUT2D eigenvalue weighted by Crippen LogP contribution is 2.18. The Morgan fingerprint density at radius 1 is 1.28 bits per heavy atom. The van der Waals surface area contributed by atoms with E-state index in [1.165, 1.54) is 5.56 Å². The summed E-state index contributed by atoms with van der Waals surface area (Å²) in [5.74, 6) is 0.770. The van der Waals surface area contributed by atoms with E-state index >= 15 is 0 Å². The molecule has 1 saturated heterocycles. The zero-order valence-electron chi connectivity index (χ0n) is 14.8. The number of nitrogens with one attached hydrogen (secondary N) is 1. The molecule has 0 unspecified atom stereocenters. The van der Waals surface area contributed by atoms with E-state index in [0.717, 1.165) is 44.2 Å². The molecule has 0 spiro atoms. The van der Waals surface area contributed by atoms with Crippen LogP contribution >= 0.6 is 11.3 Å². The van der Waals surface area contributed by atoms with Gasteiger partial charge in [0.1, 0.15) is 5.75 Å². The molecule has 1 fully saturated rings. The van der Waals surface area contributed by atoms with Crippen LogP contribution in [0, 0.1) is 0 Å². The van der Waals surface area contributed by atoms with E-state index in [2.05, 4.69) is 31.9 Å². The number of anilines is 1. The molecule has 1 aromatic heterocycles. The standard InChI is InChI=1S/C19H25N3O2S/c1-15(19(23)20-17-4-3-5-18(12-17)24-2)22-9-7-21(8-10-22)13-16-6-11-25-14-16/h3-6,11-12,14-15H,7-10,13H2,1-2H3,(H,20,23)/t15-/m0/s1. The lowest BCUT2D eigenvalue weighted by atomic mass is 10.2. The second-order valence-corrected chi connectivity index (χ2v) is 7.12. The Balaban J connectivity index is 1.49. The van der Waals surface area contributed by atoms with Gasteiger partial charge in [-0.15, -0.1) is 0 Å². The molecule has 3 rings (SSSR count). The van der Waals surface area contributed by atoms with Crippen LogP contribution in [0.4, 0.5) is 5.69 Å². The van der Waals surface area contributed by atoms with Crippen LogP contribution < -0.4 is 10.1 Å². The molecule has 1 atom stereocenters. The molecule has 0 saturated carbocycles. The Morgan fingerprint density at radius 3 is 2.76 bits per heavy atom. The van der Waals surface area contributed by atoms with Crippen molar-refractivity contribution in [1.82, 2.24) is 9.80 Å². The third kappa shape index (κ3) is 4.81. The average molecular weight is 359 g/mol. The molecule has 5 nitrogen and oxygen atoms in total. The zero-order chi connectivity index (χ0) is 17.6. The van der Waals surface area contributed by atoms with E-state index < -0.39 is 0 Å². The number of methoxy groups -OCH3 is 1. The molecule has 1 aromatic carbocycles. The molecule has 0 aliphatic carbocycles. The zero-order valence-corrected chi connectivity index (χ0v) is 15.6. The highest BCUT2D eigenvalue weighted by Gasteiger charge is 2.25. The molecule has 1 amide bonds. The molecular formula is C19H25N3O2S. The predicted molar refractivity (Wildman–Crippen MR) is 102 cm³/mol. The maximum absolute atomic E-state index is 12.5. The van der Waals surface area contributed by atoms with Crippen LogP contribution in [0.1, 0.15) is 12.5 Å². The fourth-order valence-electron chi connectivity index (χ4n) is 3.06. The summed E-state index contributed by atoms with van der Waals surface area (Å²) >= 11 is 1.74. The Kier molecular flexibility index (Phi) is 6.07. The summed E-state index contributed by atoms with van der Waals surface area (Å²) < 4.78 is 5.20. The van der Waals surface area contributed by atoms with Crippen LogP contribution in [0.2, 0.25) is 0 Å². The topological polar surface area (TPSA) is 44.8 Å². The summed E-state index contributed by atoms with van der Waals surface area (Å²) in [6, 6.07) is 9.50. The molecule has 1 aliphatic rings. The quantitative estimate of drug-likeness (QED) is 0.861. The third-order valence-electron chi connectivity index (χ3n) is 4.66. The van der Waals surface area contributed by atoms with E-state index in [1.54, 1.807) is 18.4 Å². The van der Waals surface area contributed by atoms with E-state index in [1.807, 2.05) is 31.2 Å². The maximum Gasteiger partial charge on any atom is 0.241 e. The van der Waals surface area contributed by atoms with E-state index in [0.29, 0.717) is 0 Å². The number of ether oxygens (including phenoxy) is 1. The van der Waals surface area contributed by atoms with Gasteiger partial charge in [-0.3, -0.25) is 14.6 Å². The van der Waals surface area contributed by atoms with Crippen molar-refractivity contribution >= 4 is 22.9 Å². The molecule has 134 valence electrons. The van der Waals surface area contributed by atoms with Crippen LogP contribution in [-0.2, 0) is 11.3 Å². The van der Waals surface area contributed by atoms with Crippen LogP contribution in [0.15, 0.2) is 41.1 Å². The number of carbonyl (C=O) groups is 1. The number of hydrogen-bond acceptors (Lipinski definition) is 5. The minimum atomic E-state index is -0.144. The lowest BCUT2D eigenvalue weighted by molar-refractivity contribution is -0.121. The number of piperazine rings is 1. The number of hydrogen-bond donors (Lipinski definition) is 1. The normalized spacial score (nSPS) is 17.2. The molecule has 0 bridgehead atoms. The van der Waals surface area contributed by atoms with Gasteiger partial charge in [0, 0.05) is 44.5 Å². The number of benzene rings is 1. The monoisotopic (exact) mass is 359 g/mol. The molecule has 25 heavy (non-hydrogen) atoms. The lowest BCUT2D eigenvalue weighted by Gasteiger charge is -2.37. The first-order valence-corrected chi connectivity index (χ1v) is 9.52. The minimum absolute atomic E-state index is 0.0273. The summed E-state index contributed by atoms with van der Waals surface area (Å²) in [7, 11) is 1.62. The van der Waals surface area contributed by atoms with Crippen molar-refractivity contribution in [2.24, 2.45) is 0 Å². The Labute approximate surface area is 153 Å². The third-order valence-corrected chi connectivity index (χ3v) is 5.39. The minimum Gasteiger partial charge on any atom is -0.497 e. The maximum atomic E-state index is 12.5. The Hall–Kier alpha value is -1.89. The second kappa shape index (κ2) is 8.47. The lowest BCUT2D eigenvalue weighted by Crippen LogP contribution is -2.52. The van der Waals surface area contributed by atoms with Crippen LogP contribution in [-0.4, -0.2) is 55.0 Å². The van der Waals surface area contributed by atoms with Gasteiger partial charge in [0.25, 0.3) is 0 Å². The Bertz CT molecular complexity index is 682. The van der Waals surface area contributed by atoms with Crippen LogP contribution in [0.25, 0.3) is 0 Å². The van der Waals surface area contributed by atoms with Crippen molar-refractivity contribution in [3.8, 4) is 5.75 Å². The molecule has 1 aliphatic heterocycles. The molecule has 0 radical (unpaired) electrons. The summed E-state index contributed by atoms with van der Waals surface area (Å²) in [6.07, 6.45) is 0. The van der Waals surface area contributed by atoms with Gasteiger partial charge in [0.2, 0.25) is 5.91 Å². The van der Waals surface area contributed by atoms with Crippen molar-refractivity contribution in [3.05, 3.63) is 46.7 Å². The number of amides is 1. The van der Waals surface area contributed by atoms with Gasteiger partial charge in [-0.25, -0.2) is 0 Å². The highest BCUT2D eigenvalue weighted by molar-refractivity contribution is 7.07. The van der Waals surface area contributed by atoms with Crippen molar-refractivity contribution in [2.75, 3.05) is 38.6 Å². The average Bonchev–Trinajstić information content (AvgIpc) is 3.15. The van der Waals surface area contributed by atoms with Gasteiger partial charge >= 0.3 is 0 Å². The Morgan fingerprint density at radius 2 is 2.08 bits per heavy atom. The highest BCUT2D eigenvalue weighted by atomic mass is 32.1. The fourth-order valence-corrected chi connectivity index (χ4v) is 3.72. The second-order valence-electron chi connectivity index (χ2n) is 6.34. The van der Waals surface area contributed by atoms with Crippen LogP contribution in [0.5, 0.6) is 5.75 Å². The summed E-state index contributed by atoms with van der Waals surface area (Å²) in [4.78, 5) is 17.2. The predicted octanol–water partition coefficient (Wildman–Crippen LogP) is 2.90. The van der Waals surface area contributed by atoms with Crippen molar-refractivity contribution in [3.63, 3.8) is 0 Å². The fraction of sp³-hybridized carbons (Fsp3) is 0.421. The number of nitrogens with zero attached hydrogens (tertiary/aromatic N) is 2. The van der Waals surface area contributed by atoms with Crippen molar-refractivity contribution < 1.29 is 9.53 Å². The van der Waals surface area contributed by atoms with Crippen LogP contribution in [0.3, 0.4) is 0 Å². The molecule has 2 heterocycles. The molecule has 1 N–H and O–H groups in total. The SMILES string of the molecule is COc1cccc(NC(=O)[C@H](C)N2CCN(Cc3ccsc3)CC2)c1. The number of carbonyl (C=O) groups excluding carboxylic acids is 1. The first-order valence-electron chi connectivity index (χ1n) is 8.58.